The number of likely N-dealkylation sites (tertiary alicyclic amines) is 1. The Hall–Kier alpha value is -2.34. The summed E-state index contributed by atoms with van der Waals surface area (Å²) in [6.07, 6.45) is 3.94. The third kappa shape index (κ3) is 5.10. The lowest BCUT2D eigenvalue weighted by Gasteiger charge is -2.32. The molecule has 1 fully saturated rings. The SMILES string of the molecule is COCc1ncc(C)n1CC1CCN(C(=O)NCc2ccc(C)cc2)CC1. The number of ether oxygens (including phenoxy) is 1. The molecule has 146 valence electrons. The third-order valence-corrected chi connectivity index (χ3v) is 5.32. The number of carbonyl (C=O) groups is 1. The molecule has 1 aliphatic heterocycles. The van der Waals surface area contributed by atoms with Crippen molar-refractivity contribution in [2.45, 2.75) is 46.4 Å². The minimum absolute atomic E-state index is 0.0351. The predicted octanol–water partition coefficient (Wildman–Crippen LogP) is 3.27. The molecule has 6 heteroatoms. The first-order valence-corrected chi connectivity index (χ1v) is 9.65. The van der Waals surface area contributed by atoms with Crippen LogP contribution in [0.15, 0.2) is 30.5 Å². The summed E-state index contributed by atoms with van der Waals surface area (Å²) in [5, 5.41) is 3.04. The number of carbonyl (C=O) groups excluding carboxylic acids is 1. The molecule has 0 radical (unpaired) electrons. The number of benzene rings is 1. The average Bonchev–Trinajstić information content (AvgIpc) is 3.02. The van der Waals surface area contributed by atoms with Gasteiger partial charge >= 0.3 is 6.03 Å². The van der Waals surface area contributed by atoms with Crippen LogP contribution in [0.4, 0.5) is 4.79 Å². The molecule has 1 aromatic carbocycles. The van der Waals surface area contributed by atoms with Crippen molar-refractivity contribution in [3.05, 3.63) is 53.1 Å². The molecule has 0 saturated carbocycles. The fraction of sp³-hybridized carbons (Fsp3) is 0.524. The highest BCUT2D eigenvalue weighted by molar-refractivity contribution is 5.74. The third-order valence-electron chi connectivity index (χ3n) is 5.32. The Morgan fingerprint density at radius 1 is 1.22 bits per heavy atom. The van der Waals surface area contributed by atoms with Crippen LogP contribution in [-0.4, -0.2) is 40.7 Å². The van der Waals surface area contributed by atoms with Crippen molar-refractivity contribution in [2.24, 2.45) is 5.92 Å². The highest BCUT2D eigenvalue weighted by atomic mass is 16.5. The minimum Gasteiger partial charge on any atom is -0.377 e. The zero-order valence-electron chi connectivity index (χ0n) is 16.6. The van der Waals surface area contributed by atoms with Crippen molar-refractivity contribution in [1.29, 1.82) is 0 Å². The van der Waals surface area contributed by atoms with E-state index in [2.05, 4.69) is 53.0 Å². The second-order valence-electron chi connectivity index (χ2n) is 7.43. The van der Waals surface area contributed by atoms with Crippen molar-refractivity contribution >= 4 is 6.03 Å². The van der Waals surface area contributed by atoms with Gasteiger partial charge in [-0.05, 0) is 38.2 Å². The van der Waals surface area contributed by atoms with Gasteiger partial charge < -0.3 is 19.5 Å². The van der Waals surface area contributed by atoms with Gasteiger partial charge in [-0.2, -0.15) is 0 Å². The van der Waals surface area contributed by atoms with Crippen molar-refractivity contribution in [3.63, 3.8) is 0 Å². The maximum Gasteiger partial charge on any atom is 0.317 e. The summed E-state index contributed by atoms with van der Waals surface area (Å²) in [4.78, 5) is 18.8. The highest BCUT2D eigenvalue weighted by Gasteiger charge is 2.24. The topological polar surface area (TPSA) is 59.4 Å². The van der Waals surface area contributed by atoms with E-state index in [1.165, 1.54) is 11.3 Å². The molecule has 1 aromatic heterocycles. The van der Waals surface area contributed by atoms with E-state index in [-0.39, 0.29) is 6.03 Å². The smallest absolute Gasteiger partial charge is 0.317 e. The van der Waals surface area contributed by atoms with Gasteiger partial charge in [-0.15, -0.1) is 0 Å². The lowest BCUT2D eigenvalue weighted by molar-refractivity contribution is 0.158. The zero-order valence-corrected chi connectivity index (χ0v) is 16.6. The summed E-state index contributed by atoms with van der Waals surface area (Å²) in [5.41, 5.74) is 3.53. The second kappa shape index (κ2) is 9.04. The number of imidazole rings is 1. The van der Waals surface area contributed by atoms with Crippen LogP contribution in [0.2, 0.25) is 0 Å². The van der Waals surface area contributed by atoms with Crippen molar-refractivity contribution in [1.82, 2.24) is 19.8 Å². The van der Waals surface area contributed by atoms with Gasteiger partial charge in [0.05, 0.1) is 0 Å². The van der Waals surface area contributed by atoms with E-state index in [1.54, 1.807) is 7.11 Å². The number of amides is 2. The summed E-state index contributed by atoms with van der Waals surface area (Å²) in [6.45, 7) is 7.82. The fourth-order valence-electron chi connectivity index (χ4n) is 3.58. The number of aromatic nitrogens is 2. The van der Waals surface area contributed by atoms with E-state index in [0.29, 0.717) is 19.1 Å². The maximum absolute atomic E-state index is 12.4. The van der Waals surface area contributed by atoms with Crippen molar-refractivity contribution < 1.29 is 9.53 Å². The Labute approximate surface area is 161 Å². The summed E-state index contributed by atoms with van der Waals surface area (Å²) in [6, 6.07) is 8.30. The molecule has 2 heterocycles. The van der Waals surface area contributed by atoms with Crippen LogP contribution in [0.25, 0.3) is 0 Å². The summed E-state index contributed by atoms with van der Waals surface area (Å²) >= 11 is 0. The van der Waals surface area contributed by atoms with Gasteiger partial charge in [0.25, 0.3) is 0 Å². The normalized spacial score (nSPS) is 15.1. The fourth-order valence-corrected chi connectivity index (χ4v) is 3.58. The van der Waals surface area contributed by atoms with Crippen LogP contribution in [0.1, 0.15) is 35.5 Å². The standard InChI is InChI=1S/C21H30N4O2/c1-16-4-6-18(7-5-16)13-23-21(26)24-10-8-19(9-11-24)14-25-17(2)12-22-20(25)15-27-3/h4-7,12,19H,8-11,13-15H2,1-3H3,(H,23,26). The number of aryl methyl sites for hydroxylation is 2. The molecule has 27 heavy (non-hydrogen) atoms. The molecule has 3 rings (SSSR count). The largest absolute Gasteiger partial charge is 0.377 e. The van der Waals surface area contributed by atoms with E-state index >= 15 is 0 Å². The van der Waals surface area contributed by atoms with Gasteiger partial charge in [0.1, 0.15) is 12.4 Å². The van der Waals surface area contributed by atoms with Gasteiger partial charge in [0.2, 0.25) is 0 Å². The van der Waals surface area contributed by atoms with Gasteiger partial charge in [0.15, 0.2) is 0 Å². The number of piperidine rings is 1. The minimum atomic E-state index is 0.0351. The zero-order chi connectivity index (χ0) is 19.2. The highest BCUT2D eigenvalue weighted by Crippen LogP contribution is 2.21. The molecular formula is C21H30N4O2. The predicted molar refractivity (Wildman–Crippen MR) is 105 cm³/mol. The summed E-state index contributed by atoms with van der Waals surface area (Å²) < 4.78 is 7.50. The summed E-state index contributed by atoms with van der Waals surface area (Å²) in [7, 11) is 1.70. The maximum atomic E-state index is 12.4. The number of nitrogens with one attached hydrogen (secondary N) is 1. The number of nitrogens with zero attached hydrogens (tertiary/aromatic N) is 3. The van der Waals surface area contributed by atoms with Crippen LogP contribution >= 0.6 is 0 Å². The number of methoxy groups -OCH3 is 1. The van der Waals surface area contributed by atoms with Crippen LogP contribution < -0.4 is 5.32 Å². The molecule has 0 bridgehead atoms. The first-order chi connectivity index (χ1) is 13.1. The first kappa shape index (κ1) is 19.4. The van der Waals surface area contributed by atoms with Gasteiger partial charge in [-0.1, -0.05) is 29.8 Å². The monoisotopic (exact) mass is 370 g/mol. The molecule has 0 spiro atoms. The molecule has 6 nitrogen and oxygen atoms in total. The number of rotatable bonds is 6. The molecule has 2 aromatic rings. The Bertz CT molecular complexity index is 746. The molecule has 0 unspecified atom stereocenters. The van der Waals surface area contributed by atoms with Crippen LogP contribution in [0.5, 0.6) is 0 Å². The Morgan fingerprint density at radius 3 is 2.59 bits per heavy atom. The number of hydrogen-bond donors (Lipinski definition) is 1. The van der Waals surface area contributed by atoms with Crippen LogP contribution in [0, 0.1) is 19.8 Å². The van der Waals surface area contributed by atoms with Crippen LogP contribution in [0.3, 0.4) is 0 Å². The number of hydrogen-bond acceptors (Lipinski definition) is 3. The first-order valence-electron chi connectivity index (χ1n) is 9.65. The average molecular weight is 370 g/mol. The lowest BCUT2D eigenvalue weighted by Crippen LogP contribution is -2.44. The summed E-state index contributed by atoms with van der Waals surface area (Å²) in [5.74, 6) is 1.54. The van der Waals surface area contributed by atoms with Gasteiger partial charge in [-0.3, -0.25) is 0 Å². The molecule has 2 amide bonds. The van der Waals surface area contributed by atoms with Gasteiger partial charge in [0, 0.05) is 45.2 Å². The Morgan fingerprint density at radius 2 is 1.93 bits per heavy atom. The molecule has 0 atom stereocenters. The molecule has 1 N–H and O–H groups in total. The second-order valence-corrected chi connectivity index (χ2v) is 7.43. The number of urea groups is 1. The lowest BCUT2D eigenvalue weighted by atomic mass is 9.96. The van der Waals surface area contributed by atoms with E-state index < -0.39 is 0 Å². The molecule has 1 saturated heterocycles. The van der Waals surface area contributed by atoms with E-state index in [9.17, 15) is 4.79 Å². The Kier molecular flexibility index (Phi) is 6.50. The van der Waals surface area contributed by atoms with E-state index in [1.807, 2.05) is 11.1 Å². The van der Waals surface area contributed by atoms with Crippen molar-refractivity contribution in [2.75, 3.05) is 20.2 Å². The molecule has 0 aliphatic carbocycles. The molecule has 1 aliphatic rings. The van der Waals surface area contributed by atoms with E-state index in [4.69, 9.17) is 4.74 Å². The van der Waals surface area contributed by atoms with Crippen molar-refractivity contribution in [3.8, 4) is 0 Å². The van der Waals surface area contributed by atoms with E-state index in [0.717, 1.165) is 43.9 Å². The van der Waals surface area contributed by atoms with Crippen LogP contribution in [-0.2, 0) is 24.4 Å². The Balaban J connectivity index is 1.46. The molecular weight excluding hydrogens is 340 g/mol. The quantitative estimate of drug-likeness (QED) is 0.849. The van der Waals surface area contributed by atoms with Gasteiger partial charge in [-0.25, -0.2) is 9.78 Å².